The number of benzene rings is 1. The number of hydrogen-bond donors (Lipinski definition) is 3. The first-order valence-corrected chi connectivity index (χ1v) is 10.0. The van der Waals surface area contributed by atoms with Crippen molar-refractivity contribution in [2.75, 3.05) is 11.9 Å². The molecule has 142 valence electrons. The molecule has 2 aliphatic carbocycles. The molecule has 0 saturated heterocycles. The Bertz CT molecular complexity index is 615. The molecule has 2 aliphatic rings. The summed E-state index contributed by atoms with van der Waals surface area (Å²) in [6, 6.07) is 7.47. The van der Waals surface area contributed by atoms with E-state index in [1.807, 2.05) is 0 Å². The Morgan fingerprint density at radius 1 is 1.00 bits per heavy atom. The molecule has 4 N–H and O–H groups in total. The van der Waals surface area contributed by atoms with E-state index in [2.05, 4.69) is 10.6 Å². The summed E-state index contributed by atoms with van der Waals surface area (Å²) < 4.78 is 0. The van der Waals surface area contributed by atoms with Gasteiger partial charge in [-0.2, -0.15) is 0 Å². The van der Waals surface area contributed by atoms with E-state index >= 15 is 0 Å². The van der Waals surface area contributed by atoms with Crippen LogP contribution in [-0.2, 0) is 4.79 Å². The van der Waals surface area contributed by atoms with Crippen molar-refractivity contribution in [1.29, 1.82) is 0 Å². The highest BCUT2D eigenvalue weighted by Gasteiger charge is 2.32. The molecule has 0 aromatic heterocycles. The van der Waals surface area contributed by atoms with Crippen LogP contribution in [0.15, 0.2) is 24.3 Å². The van der Waals surface area contributed by atoms with Crippen LogP contribution in [0.25, 0.3) is 0 Å². The molecule has 26 heavy (non-hydrogen) atoms. The van der Waals surface area contributed by atoms with Crippen molar-refractivity contribution >= 4 is 17.5 Å². The van der Waals surface area contributed by atoms with E-state index in [1.165, 1.54) is 19.3 Å². The summed E-state index contributed by atoms with van der Waals surface area (Å²) in [5.74, 6) is -0.0143. The lowest BCUT2D eigenvalue weighted by atomic mass is 9.71. The smallest absolute Gasteiger partial charge is 0.251 e. The summed E-state index contributed by atoms with van der Waals surface area (Å²) >= 11 is 0. The highest BCUT2D eigenvalue weighted by atomic mass is 16.2. The number of carbonyl (C=O) groups excluding carboxylic acids is 2. The fourth-order valence-electron chi connectivity index (χ4n) is 4.34. The van der Waals surface area contributed by atoms with E-state index in [9.17, 15) is 9.59 Å². The number of carbonyl (C=O) groups is 2. The topological polar surface area (TPSA) is 84.2 Å². The van der Waals surface area contributed by atoms with Gasteiger partial charge in [-0.25, -0.2) is 0 Å². The molecule has 0 atom stereocenters. The van der Waals surface area contributed by atoms with E-state index < -0.39 is 0 Å². The normalized spacial score (nSPS) is 19.9. The molecule has 0 radical (unpaired) electrons. The summed E-state index contributed by atoms with van der Waals surface area (Å²) in [4.78, 5) is 24.7. The average Bonchev–Trinajstić information content (AvgIpc) is 3.16. The molecule has 5 nitrogen and oxygen atoms in total. The number of hydrogen-bond acceptors (Lipinski definition) is 3. The molecule has 0 aliphatic heterocycles. The molecule has 2 fully saturated rings. The lowest BCUT2D eigenvalue weighted by Gasteiger charge is -2.35. The highest BCUT2D eigenvalue weighted by molar-refractivity contribution is 5.96. The van der Waals surface area contributed by atoms with Crippen molar-refractivity contribution in [2.45, 2.75) is 70.3 Å². The lowest BCUT2D eigenvalue weighted by Crippen LogP contribution is -2.36. The second kappa shape index (κ2) is 8.67. The maximum atomic E-state index is 12.4. The molecule has 0 unspecified atom stereocenters. The molecule has 2 amide bonds. The highest BCUT2D eigenvalue weighted by Crippen LogP contribution is 2.38. The first-order valence-electron chi connectivity index (χ1n) is 10.0. The quantitative estimate of drug-likeness (QED) is 0.727. The second-order valence-corrected chi connectivity index (χ2v) is 8.02. The molecule has 1 aromatic carbocycles. The van der Waals surface area contributed by atoms with E-state index in [1.54, 1.807) is 24.3 Å². The van der Waals surface area contributed by atoms with Crippen molar-refractivity contribution < 1.29 is 9.59 Å². The average molecular weight is 357 g/mol. The number of nitrogens with two attached hydrogens (primary N) is 1. The van der Waals surface area contributed by atoms with Gasteiger partial charge in [0.2, 0.25) is 5.91 Å². The first kappa shape index (κ1) is 18.9. The summed E-state index contributed by atoms with van der Waals surface area (Å²) in [7, 11) is 0. The van der Waals surface area contributed by atoms with Gasteiger partial charge in [-0.3, -0.25) is 9.59 Å². The van der Waals surface area contributed by atoms with Gasteiger partial charge in [-0.05, 0) is 61.9 Å². The van der Waals surface area contributed by atoms with Crippen molar-refractivity contribution in [2.24, 2.45) is 11.1 Å². The van der Waals surface area contributed by atoms with Crippen LogP contribution < -0.4 is 16.4 Å². The van der Waals surface area contributed by atoms with Gasteiger partial charge in [-0.1, -0.05) is 32.1 Å². The van der Waals surface area contributed by atoms with Gasteiger partial charge in [-0.15, -0.1) is 0 Å². The minimum atomic E-state index is -0.0383. The van der Waals surface area contributed by atoms with E-state index in [-0.39, 0.29) is 17.2 Å². The molecule has 0 heterocycles. The van der Waals surface area contributed by atoms with E-state index in [0.717, 1.165) is 44.2 Å². The third-order valence-corrected chi connectivity index (χ3v) is 6.00. The molecule has 0 spiro atoms. The Hall–Kier alpha value is -1.88. The fourth-order valence-corrected chi connectivity index (χ4v) is 4.34. The molecule has 0 bridgehead atoms. The van der Waals surface area contributed by atoms with Crippen LogP contribution in [0.5, 0.6) is 0 Å². The first-order chi connectivity index (χ1) is 12.6. The zero-order chi connectivity index (χ0) is 18.4. The predicted molar refractivity (Wildman–Crippen MR) is 104 cm³/mol. The third kappa shape index (κ3) is 4.85. The van der Waals surface area contributed by atoms with Crippen LogP contribution in [0.4, 0.5) is 5.69 Å². The Morgan fingerprint density at radius 3 is 2.27 bits per heavy atom. The summed E-state index contributed by atoms with van der Waals surface area (Å²) in [6.07, 6.45) is 10.7. The monoisotopic (exact) mass is 357 g/mol. The predicted octanol–water partition coefficient (Wildman–Crippen LogP) is 3.60. The van der Waals surface area contributed by atoms with Gasteiger partial charge in [0.05, 0.1) is 0 Å². The van der Waals surface area contributed by atoms with E-state index in [4.69, 9.17) is 5.73 Å². The van der Waals surface area contributed by atoms with Gasteiger partial charge in [0.25, 0.3) is 5.91 Å². The van der Waals surface area contributed by atoms with Crippen LogP contribution >= 0.6 is 0 Å². The maximum Gasteiger partial charge on any atom is 0.251 e. The molecule has 2 saturated carbocycles. The minimum absolute atomic E-state index is 0.0144. The molecule has 3 rings (SSSR count). The molecular weight excluding hydrogens is 326 g/mol. The molecule has 5 heteroatoms. The lowest BCUT2D eigenvalue weighted by molar-refractivity contribution is -0.118. The van der Waals surface area contributed by atoms with Crippen molar-refractivity contribution in [3.05, 3.63) is 29.8 Å². The zero-order valence-electron chi connectivity index (χ0n) is 15.6. The number of anilines is 1. The van der Waals surface area contributed by atoms with Crippen LogP contribution in [-0.4, -0.2) is 24.4 Å². The Morgan fingerprint density at radius 2 is 1.65 bits per heavy atom. The number of amides is 2. The SMILES string of the molecule is NCC1(CC(=O)Nc2ccc(C(=O)NC3CCCC3)cc2)CCCCC1. The Kier molecular flexibility index (Phi) is 6.30. The third-order valence-electron chi connectivity index (χ3n) is 6.00. The van der Waals surface area contributed by atoms with E-state index in [0.29, 0.717) is 24.6 Å². The number of rotatable bonds is 6. The van der Waals surface area contributed by atoms with Crippen molar-refractivity contribution in [3.63, 3.8) is 0 Å². The van der Waals surface area contributed by atoms with Gasteiger partial charge in [0.1, 0.15) is 0 Å². The second-order valence-electron chi connectivity index (χ2n) is 8.02. The fraction of sp³-hybridized carbons (Fsp3) is 0.619. The Balaban J connectivity index is 1.53. The summed E-state index contributed by atoms with van der Waals surface area (Å²) in [6.45, 7) is 0.570. The largest absolute Gasteiger partial charge is 0.349 e. The minimum Gasteiger partial charge on any atom is -0.349 e. The van der Waals surface area contributed by atoms with Gasteiger partial charge < -0.3 is 16.4 Å². The van der Waals surface area contributed by atoms with Crippen LogP contribution in [0, 0.1) is 5.41 Å². The standard InChI is InChI=1S/C21H31N3O2/c22-15-21(12-4-1-5-13-21)14-19(25)23-18-10-8-16(9-11-18)20(26)24-17-6-2-3-7-17/h8-11,17H,1-7,12-15,22H2,(H,23,25)(H,24,26). The van der Waals surface area contributed by atoms with Crippen LogP contribution in [0.2, 0.25) is 0 Å². The summed E-state index contributed by atoms with van der Waals surface area (Å²) in [5.41, 5.74) is 7.31. The van der Waals surface area contributed by atoms with Crippen LogP contribution in [0.3, 0.4) is 0 Å². The number of nitrogens with one attached hydrogen (secondary N) is 2. The maximum absolute atomic E-state index is 12.4. The summed E-state index contributed by atoms with van der Waals surface area (Å²) in [5, 5.41) is 6.04. The molecular formula is C21H31N3O2. The molecule has 1 aromatic rings. The van der Waals surface area contributed by atoms with Crippen molar-refractivity contribution in [1.82, 2.24) is 5.32 Å². The van der Waals surface area contributed by atoms with Crippen LogP contribution in [0.1, 0.15) is 74.6 Å². The van der Waals surface area contributed by atoms with Gasteiger partial charge in [0, 0.05) is 23.7 Å². The van der Waals surface area contributed by atoms with Gasteiger partial charge >= 0.3 is 0 Å². The van der Waals surface area contributed by atoms with Crippen molar-refractivity contribution in [3.8, 4) is 0 Å². The Labute approximate surface area is 156 Å². The van der Waals surface area contributed by atoms with Gasteiger partial charge in [0.15, 0.2) is 0 Å². The zero-order valence-corrected chi connectivity index (χ0v) is 15.6.